The van der Waals surface area contributed by atoms with Gasteiger partial charge in [0.15, 0.2) is 5.76 Å². The van der Waals surface area contributed by atoms with E-state index in [1.165, 1.54) is 6.33 Å². The molecule has 0 bridgehead atoms. The van der Waals surface area contributed by atoms with Crippen molar-refractivity contribution < 1.29 is 18.6 Å². The van der Waals surface area contributed by atoms with Crippen molar-refractivity contribution in [2.24, 2.45) is 0 Å². The van der Waals surface area contributed by atoms with Crippen LogP contribution in [0.4, 0.5) is 0 Å². The molecule has 0 radical (unpaired) electrons. The zero-order valence-corrected chi connectivity index (χ0v) is 13.4. The zero-order valence-electron chi connectivity index (χ0n) is 13.4. The highest BCUT2D eigenvalue weighted by atomic mass is 16.8. The molecule has 0 amide bonds. The summed E-state index contributed by atoms with van der Waals surface area (Å²) in [6.45, 7) is 3.51. The molecule has 0 aliphatic carbocycles. The van der Waals surface area contributed by atoms with E-state index in [1.807, 2.05) is 37.3 Å². The molecule has 0 saturated carbocycles. The van der Waals surface area contributed by atoms with Crippen molar-refractivity contribution in [1.29, 1.82) is 0 Å². The lowest BCUT2D eigenvalue weighted by Crippen LogP contribution is -2.32. The summed E-state index contributed by atoms with van der Waals surface area (Å²) in [4.78, 5) is 4.19. The molecule has 1 aromatic carbocycles. The van der Waals surface area contributed by atoms with Gasteiger partial charge >= 0.3 is 0 Å². The van der Waals surface area contributed by atoms with E-state index in [0.717, 1.165) is 11.0 Å². The van der Waals surface area contributed by atoms with Crippen LogP contribution in [0.15, 0.2) is 41.1 Å². The van der Waals surface area contributed by atoms with Crippen LogP contribution in [0, 0.1) is 0 Å². The van der Waals surface area contributed by atoms with Crippen molar-refractivity contribution in [2.45, 2.75) is 25.2 Å². The fourth-order valence-corrected chi connectivity index (χ4v) is 2.91. The van der Waals surface area contributed by atoms with E-state index in [1.54, 1.807) is 0 Å². The highest BCUT2D eigenvalue weighted by Gasteiger charge is 2.47. The molecular weight excluding hydrogens is 310 g/mol. The molecule has 1 aliphatic heterocycles. The third-order valence-electron chi connectivity index (χ3n) is 4.03. The Morgan fingerprint density at radius 3 is 3.08 bits per heavy atom. The molecule has 2 atom stereocenters. The van der Waals surface area contributed by atoms with Gasteiger partial charge in [0.05, 0.1) is 19.6 Å². The van der Waals surface area contributed by atoms with E-state index in [2.05, 4.69) is 15.2 Å². The van der Waals surface area contributed by atoms with Crippen LogP contribution in [0.2, 0.25) is 0 Å². The van der Waals surface area contributed by atoms with Gasteiger partial charge in [-0.05, 0) is 19.1 Å². The lowest BCUT2D eigenvalue weighted by molar-refractivity contribution is -0.192. The number of nitrogens with zero attached hydrogens (tertiary/aromatic N) is 2. The molecule has 7 nitrogen and oxygen atoms in total. The minimum atomic E-state index is -1.03. The van der Waals surface area contributed by atoms with E-state index in [9.17, 15) is 0 Å². The maximum atomic E-state index is 6.21. The summed E-state index contributed by atoms with van der Waals surface area (Å²) in [5, 5.41) is 7.76. The molecular formula is C17H19N3O4. The molecule has 1 saturated heterocycles. The highest BCUT2D eigenvalue weighted by molar-refractivity contribution is 5.77. The van der Waals surface area contributed by atoms with Crippen LogP contribution in [0.1, 0.15) is 18.5 Å². The van der Waals surface area contributed by atoms with Crippen LogP contribution < -0.4 is 0 Å². The third-order valence-corrected chi connectivity index (χ3v) is 4.03. The number of rotatable bonds is 6. The van der Waals surface area contributed by atoms with Crippen LogP contribution >= 0.6 is 0 Å². The number of furan rings is 1. The van der Waals surface area contributed by atoms with Crippen LogP contribution in [-0.4, -0.2) is 41.1 Å². The number of nitrogens with one attached hydrogen (secondary N) is 1. The van der Waals surface area contributed by atoms with Gasteiger partial charge in [-0.25, -0.2) is 4.98 Å². The number of aromatic nitrogens is 3. The van der Waals surface area contributed by atoms with Crippen LogP contribution in [0.5, 0.6) is 0 Å². The second kappa shape index (κ2) is 6.35. The van der Waals surface area contributed by atoms with E-state index >= 15 is 0 Å². The van der Waals surface area contributed by atoms with E-state index < -0.39 is 5.79 Å². The Balaban J connectivity index is 1.67. The van der Waals surface area contributed by atoms with Crippen molar-refractivity contribution in [2.75, 3.05) is 19.8 Å². The molecule has 1 N–H and O–H groups in total. The Morgan fingerprint density at radius 2 is 2.29 bits per heavy atom. The number of aromatic amines is 1. The first-order valence-corrected chi connectivity index (χ1v) is 8.02. The normalized spacial score (nSPS) is 24.0. The Bertz CT molecular complexity index is 768. The third kappa shape index (κ3) is 2.82. The standard InChI is InChI=1S/C17H19N3O4/c1-2-21-9-13-10-22-17(24-13,8-16-18-11-19-20-16)15-7-12-5-3-4-6-14(12)23-15/h3-7,11,13H,2,8-10H2,1H3,(H,18,19,20)/t13-,17+/m1/s1. The number of ether oxygens (including phenoxy) is 3. The first kappa shape index (κ1) is 15.3. The number of para-hydroxylation sites is 1. The van der Waals surface area contributed by atoms with Crippen LogP contribution in [0.3, 0.4) is 0 Å². The first-order chi connectivity index (χ1) is 11.8. The summed E-state index contributed by atoms with van der Waals surface area (Å²) in [5.74, 6) is 0.270. The lowest BCUT2D eigenvalue weighted by Gasteiger charge is -2.24. The molecule has 1 fully saturated rings. The van der Waals surface area contributed by atoms with Crippen molar-refractivity contribution >= 4 is 11.0 Å². The smallest absolute Gasteiger partial charge is 0.236 e. The van der Waals surface area contributed by atoms with Crippen LogP contribution in [-0.2, 0) is 26.4 Å². The van der Waals surface area contributed by atoms with Gasteiger partial charge < -0.3 is 18.6 Å². The second-order valence-electron chi connectivity index (χ2n) is 5.72. The molecule has 4 rings (SSSR count). The summed E-state index contributed by atoms with van der Waals surface area (Å²) in [5.41, 5.74) is 0.796. The second-order valence-corrected chi connectivity index (χ2v) is 5.72. The van der Waals surface area contributed by atoms with Gasteiger partial charge in [-0.1, -0.05) is 18.2 Å². The van der Waals surface area contributed by atoms with E-state index in [0.29, 0.717) is 37.8 Å². The summed E-state index contributed by atoms with van der Waals surface area (Å²) >= 11 is 0. The molecule has 0 unspecified atom stereocenters. The van der Waals surface area contributed by atoms with E-state index in [-0.39, 0.29) is 6.10 Å². The maximum Gasteiger partial charge on any atom is 0.236 e. The average Bonchev–Trinajstić information content (AvgIpc) is 3.33. The summed E-state index contributed by atoms with van der Waals surface area (Å²) < 4.78 is 23.7. The fourth-order valence-electron chi connectivity index (χ4n) is 2.91. The Kier molecular flexibility index (Phi) is 4.05. The SMILES string of the molecule is CCOC[C@@H]1CO[C@](Cc2ncn[nH]2)(c2cc3ccccc3o2)O1. The average molecular weight is 329 g/mol. The maximum absolute atomic E-state index is 6.21. The Morgan fingerprint density at radius 1 is 1.38 bits per heavy atom. The van der Waals surface area contributed by atoms with Gasteiger partial charge in [0, 0.05) is 12.0 Å². The molecule has 2 aromatic heterocycles. The highest BCUT2D eigenvalue weighted by Crippen LogP contribution is 2.39. The number of fused-ring (bicyclic) bond motifs is 1. The molecule has 1 aliphatic rings. The monoisotopic (exact) mass is 329 g/mol. The van der Waals surface area contributed by atoms with Crippen molar-refractivity contribution in [3.8, 4) is 0 Å². The minimum absolute atomic E-state index is 0.152. The first-order valence-electron chi connectivity index (χ1n) is 8.02. The predicted molar refractivity (Wildman–Crippen MR) is 85.3 cm³/mol. The molecule has 24 heavy (non-hydrogen) atoms. The largest absolute Gasteiger partial charge is 0.455 e. The fraction of sp³-hybridized carbons (Fsp3) is 0.412. The topological polar surface area (TPSA) is 82.4 Å². The van der Waals surface area contributed by atoms with Crippen molar-refractivity contribution in [1.82, 2.24) is 15.2 Å². The summed E-state index contributed by atoms with van der Waals surface area (Å²) in [7, 11) is 0. The Hall–Kier alpha value is -2.22. The molecule has 3 aromatic rings. The molecule has 7 heteroatoms. The zero-order chi connectivity index (χ0) is 16.4. The number of hydrogen-bond donors (Lipinski definition) is 1. The summed E-state index contributed by atoms with van der Waals surface area (Å²) in [6, 6.07) is 9.78. The summed E-state index contributed by atoms with van der Waals surface area (Å²) in [6.07, 6.45) is 1.70. The molecule has 0 spiro atoms. The minimum Gasteiger partial charge on any atom is -0.455 e. The molecule has 126 valence electrons. The lowest BCUT2D eigenvalue weighted by atomic mass is 10.1. The number of H-pyrrole nitrogens is 1. The quantitative estimate of drug-likeness (QED) is 0.748. The van der Waals surface area contributed by atoms with Gasteiger partial charge in [-0.15, -0.1) is 0 Å². The van der Waals surface area contributed by atoms with Crippen LogP contribution in [0.25, 0.3) is 11.0 Å². The van der Waals surface area contributed by atoms with Gasteiger partial charge in [0.2, 0.25) is 5.79 Å². The number of benzene rings is 1. The van der Waals surface area contributed by atoms with Gasteiger partial charge in [-0.2, -0.15) is 5.10 Å². The van der Waals surface area contributed by atoms with Gasteiger partial charge in [-0.3, -0.25) is 5.10 Å². The van der Waals surface area contributed by atoms with Crippen molar-refractivity contribution in [3.05, 3.63) is 48.2 Å². The Labute approximate surface area is 138 Å². The number of hydrogen-bond acceptors (Lipinski definition) is 6. The predicted octanol–water partition coefficient (Wildman–Crippen LogP) is 2.40. The molecule has 3 heterocycles. The van der Waals surface area contributed by atoms with Gasteiger partial charge in [0.1, 0.15) is 23.8 Å². The van der Waals surface area contributed by atoms with Gasteiger partial charge in [0.25, 0.3) is 0 Å². The van der Waals surface area contributed by atoms with Crippen molar-refractivity contribution in [3.63, 3.8) is 0 Å². The van der Waals surface area contributed by atoms with E-state index in [4.69, 9.17) is 18.6 Å².